The summed E-state index contributed by atoms with van der Waals surface area (Å²) in [5.74, 6) is 0.704. The molecule has 0 N–H and O–H groups in total. The molecule has 0 aliphatic rings. The van der Waals surface area contributed by atoms with Crippen LogP contribution in [-0.2, 0) is 6.42 Å². The van der Waals surface area contributed by atoms with Gasteiger partial charge in [-0.25, -0.2) is 0 Å². The van der Waals surface area contributed by atoms with Crippen molar-refractivity contribution >= 4 is 15.9 Å². The van der Waals surface area contributed by atoms with Gasteiger partial charge in [-0.2, -0.15) is 0 Å². The molecular weight excluding hydrogens is 248 g/mol. The number of halogens is 1. The Hall–Kier alpha value is -0.300. The number of hydrogen-bond donors (Lipinski definition) is 0. The predicted octanol–water partition coefficient (Wildman–Crippen LogP) is 4.66. The Bertz CT molecular complexity index is 317. The summed E-state index contributed by atoms with van der Waals surface area (Å²) in [4.78, 5) is 0.636. The molecule has 0 aliphatic heterocycles. The van der Waals surface area contributed by atoms with Crippen LogP contribution in [0.3, 0.4) is 0 Å². The Balaban J connectivity index is 2.75. The van der Waals surface area contributed by atoms with Crippen molar-refractivity contribution in [1.29, 1.82) is 0 Å². The van der Waals surface area contributed by atoms with Crippen LogP contribution >= 0.6 is 15.9 Å². The third kappa shape index (κ3) is 3.64. The quantitative estimate of drug-likeness (QED) is 0.697. The van der Waals surface area contributed by atoms with Gasteiger partial charge < -0.3 is 0 Å². The highest BCUT2D eigenvalue weighted by Crippen LogP contribution is 2.22. The smallest absolute Gasteiger partial charge is 0.0172 e. The van der Waals surface area contributed by atoms with Crippen molar-refractivity contribution in [3.05, 3.63) is 34.9 Å². The predicted molar refractivity (Wildman–Crippen MR) is 71.8 cm³/mol. The summed E-state index contributed by atoms with van der Waals surface area (Å²) in [6.45, 7) is 8.93. The molecular formula is C14H21Br. The lowest BCUT2D eigenvalue weighted by Gasteiger charge is -2.18. The maximum atomic E-state index is 3.74. The minimum Gasteiger partial charge on any atom is -0.0888 e. The molecule has 0 fully saturated rings. The van der Waals surface area contributed by atoms with Crippen LogP contribution in [0.15, 0.2) is 18.2 Å². The molecule has 1 heteroatoms. The van der Waals surface area contributed by atoms with E-state index in [9.17, 15) is 0 Å². The Morgan fingerprint density at radius 1 is 1.27 bits per heavy atom. The molecule has 0 saturated heterocycles. The largest absolute Gasteiger partial charge is 0.0888 e. The number of rotatable bonds is 4. The molecule has 15 heavy (non-hydrogen) atoms. The van der Waals surface area contributed by atoms with E-state index in [1.165, 1.54) is 29.5 Å². The summed E-state index contributed by atoms with van der Waals surface area (Å²) in [5.41, 5.74) is 4.29. The third-order valence-electron chi connectivity index (χ3n) is 3.05. The molecule has 1 rings (SSSR count). The molecule has 0 saturated carbocycles. The normalized spacial score (nSPS) is 15.0. The standard InChI is InChI=1S/C14H21Br/c1-5-14(15)12(4)9-13-8-10(2)6-7-11(13)3/h6-8,12,14H,5,9H2,1-4H3. The summed E-state index contributed by atoms with van der Waals surface area (Å²) in [5, 5.41) is 0. The van der Waals surface area contributed by atoms with Crippen LogP contribution in [0.5, 0.6) is 0 Å². The molecule has 0 amide bonds. The molecule has 0 heterocycles. The average Bonchev–Trinajstić information content (AvgIpc) is 2.22. The van der Waals surface area contributed by atoms with Crippen LogP contribution in [0.1, 0.15) is 37.0 Å². The first-order chi connectivity index (χ1) is 7.04. The van der Waals surface area contributed by atoms with Crippen LogP contribution < -0.4 is 0 Å². The first-order valence-electron chi connectivity index (χ1n) is 5.74. The number of aryl methyl sites for hydroxylation is 2. The van der Waals surface area contributed by atoms with E-state index >= 15 is 0 Å². The minimum absolute atomic E-state index is 0.636. The number of alkyl halides is 1. The molecule has 84 valence electrons. The van der Waals surface area contributed by atoms with Gasteiger partial charge in [-0.3, -0.25) is 0 Å². The molecule has 0 radical (unpaired) electrons. The van der Waals surface area contributed by atoms with Crippen LogP contribution in [0, 0.1) is 19.8 Å². The van der Waals surface area contributed by atoms with Gasteiger partial charge in [-0.1, -0.05) is 53.5 Å². The molecule has 0 bridgehead atoms. The van der Waals surface area contributed by atoms with E-state index in [0.717, 1.165) is 0 Å². The van der Waals surface area contributed by atoms with E-state index < -0.39 is 0 Å². The lowest BCUT2D eigenvalue weighted by Crippen LogP contribution is -2.13. The fraction of sp³-hybridized carbons (Fsp3) is 0.571. The van der Waals surface area contributed by atoms with Crippen molar-refractivity contribution in [3.8, 4) is 0 Å². The monoisotopic (exact) mass is 268 g/mol. The fourth-order valence-corrected chi connectivity index (χ4v) is 2.08. The van der Waals surface area contributed by atoms with Crippen LogP contribution in [0.25, 0.3) is 0 Å². The van der Waals surface area contributed by atoms with E-state index in [1.807, 2.05) is 0 Å². The highest BCUT2D eigenvalue weighted by Gasteiger charge is 2.13. The number of hydrogen-bond acceptors (Lipinski definition) is 0. The van der Waals surface area contributed by atoms with Crippen LogP contribution in [0.4, 0.5) is 0 Å². The van der Waals surface area contributed by atoms with Crippen LogP contribution in [-0.4, -0.2) is 4.83 Å². The van der Waals surface area contributed by atoms with E-state index in [-0.39, 0.29) is 0 Å². The van der Waals surface area contributed by atoms with Gasteiger partial charge in [0.15, 0.2) is 0 Å². The van der Waals surface area contributed by atoms with Gasteiger partial charge in [-0.15, -0.1) is 0 Å². The lowest BCUT2D eigenvalue weighted by molar-refractivity contribution is 0.544. The number of benzene rings is 1. The third-order valence-corrected chi connectivity index (χ3v) is 4.60. The van der Waals surface area contributed by atoms with Gasteiger partial charge in [0, 0.05) is 4.83 Å². The molecule has 1 aromatic rings. The van der Waals surface area contributed by atoms with Crippen molar-refractivity contribution in [2.24, 2.45) is 5.92 Å². The molecule has 2 atom stereocenters. The highest BCUT2D eigenvalue weighted by atomic mass is 79.9. The van der Waals surface area contributed by atoms with Crippen molar-refractivity contribution in [3.63, 3.8) is 0 Å². The second kappa shape index (κ2) is 5.69. The molecule has 1 aromatic carbocycles. The summed E-state index contributed by atoms with van der Waals surface area (Å²) in [6, 6.07) is 6.74. The van der Waals surface area contributed by atoms with Gasteiger partial charge in [0.1, 0.15) is 0 Å². The second-order valence-electron chi connectivity index (χ2n) is 4.54. The van der Waals surface area contributed by atoms with E-state index in [1.54, 1.807) is 0 Å². The second-order valence-corrected chi connectivity index (χ2v) is 5.71. The SMILES string of the molecule is CCC(Br)C(C)Cc1cc(C)ccc1C. The fourth-order valence-electron chi connectivity index (χ4n) is 1.90. The van der Waals surface area contributed by atoms with Crippen molar-refractivity contribution in [2.45, 2.75) is 45.4 Å². The summed E-state index contributed by atoms with van der Waals surface area (Å²) in [6.07, 6.45) is 2.38. The van der Waals surface area contributed by atoms with E-state index in [2.05, 4.69) is 61.8 Å². The van der Waals surface area contributed by atoms with E-state index in [0.29, 0.717) is 10.7 Å². The molecule has 0 spiro atoms. The van der Waals surface area contributed by atoms with Gasteiger partial charge in [0.05, 0.1) is 0 Å². The Morgan fingerprint density at radius 3 is 2.53 bits per heavy atom. The molecule has 0 aromatic heterocycles. The zero-order valence-electron chi connectivity index (χ0n) is 10.2. The van der Waals surface area contributed by atoms with Crippen molar-refractivity contribution in [1.82, 2.24) is 0 Å². The van der Waals surface area contributed by atoms with Gasteiger partial charge in [-0.05, 0) is 43.7 Å². The Morgan fingerprint density at radius 2 is 1.93 bits per heavy atom. The Kier molecular flexibility index (Phi) is 4.85. The maximum absolute atomic E-state index is 3.74. The van der Waals surface area contributed by atoms with Crippen LogP contribution in [0.2, 0.25) is 0 Å². The Labute approximate surface area is 102 Å². The van der Waals surface area contributed by atoms with Crippen molar-refractivity contribution in [2.75, 3.05) is 0 Å². The maximum Gasteiger partial charge on any atom is 0.0172 e. The zero-order chi connectivity index (χ0) is 11.4. The first kappa shape index (κ1) is 12.8. The van der Waals surface area contributed by atoms with Gasteiger partial charge in [0.25, 0.3) is 0 Å². The molecule has 2 unspecified atom stereocenters. The van der Waals surface area contributed by atoms with Gasteiger partial charge in [0.2, 0.25) is 0 Å². The molecule has 0 aliphatic carbocycles. The van der Waals surface area contributed by atoms with E-state index in [4.69, 9.17) is 0 Å². The summed E-state index contributed by atoms with van der Waals surface area (Å²) in [7, 11) is 0. The summed E-state index contributed by atoms with van der Waals surface area (Å²) >= 11 is 3.74. The topological polar surface area (TPSA) is 0 Å². The highest BCUT2D eigenvalue weighted by molar-refractivity contribution is 9.09. The van der Waals surface area contributed by atoms with Gasteiger partial charge >= 0.3 is 0 Å². The average molecular weight is 269 g/mol. The van der Waals surface area contributed by atoms with Crippen molar-refractivity contribution < 1.29 is 0 Å². The minimum atomic E-state index is 0.636. The summed E-state index contributed by atoms with van der Waals surface area (Å²) < 4.78 is 0. The molecule has 0 nitrogen and oxygen atoms in total. The first-order valence-corrected chi connectivity index (χ1v) is 6.66. The lowest BCUT2D eigenvalue weighted by atomic mass is 9.93. The zero-order valence-corrected chi connectivity index (χ0v) is 11.8.